The fraction of sp³-hybridized carbons (Fsp3) is 0.292. The molecule has 0 unspecified atom stereocenters. The Morgan fingerprint density at radius 1 is 0.967 bits per heavy atom. The van der Waals surface area contributed by atoms with Crippen LogP contribution < -0.4 is 10.6 Å². The molecule has 0 saturated heterocycles. The van der Waals surface area contributed by atoms with Crippen molar-refractivity contribution in [3.05, 3.63) is 71.4 Å². The topological polar surface area (TPSA) is 78.5 Å². The number of hydrogen-bond acceptors (Lipinski definition) is 5. The lowest BCUT2D eigenvalue weighted by Crippen LogP contribution is -2.07. The average Bonchev–Trinajstić information content (AvgIpc) is 3.20. The second-order valence-electron chi connectivity index (χ2n) is 7.55. The summed E-state index contributed by atoms with van der Waals surface area (Å²) >= 11 is 0. The highest BCUT2D eigenvalue weighted by Crippen LogP contribution is 2.25. The highest BCUT2D eigenvalue weighted by atomic mass is 15.2. The Morgan fingerprint density at radius 2 is 1.80 bits per heavy atom. The van der Waals surface area contributed by atoms with Crippen molar-refractivity contribution in [3.8, 4) is 0 Å². The molecule has 4 aromatic rings. The van der Waals surface area contributed by atoms with E-state index in [1.807, 2.05) is 36.4 Å². The fourth-order valence-corrected chi connectivity index (χ4v) is 3.47. The molecule has 30 heavy (non-hydrogen) atoms. The third-order valence-electron chi connectivity index (χ3n) is 5.23. The predicted molar refractivity (Wildman–Crippen MR) is 123 cm³/mol. The Bertz CT molecular complexity index is 1120. The van der Waals surface area contributed by atoms with Crippen LogP contribution in [-0.4, -0.2) is 20.2 Å². The van der Waals surface area contributed by atoms with Crippen molar-refractivity contribution in [2.24, 2.45) is 0 Å². The van der Waals surface area contributed by atoms with Crippen molar-refractivity contribution < 1.29 is 0 Å². The van der Waals surface area contributed by atoms with Crippen LogP contribution in [0.4, 0.5) is 17.6 Å². The summed E-state index contributed by atoms with van der Waals surface area (Å²) in [5.41, 5.74) is 4.51. The first-order chi connectivity index (χ1) is 14.7. The zero-order valence-electron chi connectivity index (χ0n) is 17.6. The van der Waals surface area contributed by atoms with Gasteiger partial charge in [-0.1, -0.05) is 56.2 Å². The second-order valence-corrected chi connectivity index (χ2v) is 7.55. The number of aromatic amines is 1. The second kappa shape index (κ2) is 9.39. The maximum absolute atomic E-state index is 4.74. The van der Waals surface area contributed by atoms with Gasteiger partial charge in [0.2, 0.25) is 5.95 Å². The summed E-state index contributed by atoms with van der Waals surface area (Å²) in [6.07, 6.45) is 4.62. The number of anilines is 3. The standard InChI is InChI=1S/C24H28N6/c1-3-4-5-12-19-15-22(30-29-19)27-23-20-13-8-9-14-21(20)26-24(28-23)25-16-18-11-7-6-10-17(18)2/h6-11,13-15H,3-5,12,16H2,1-2H3,(H3,25,26,27,28,29,30). The van der Waals surface area contributed by atoms with E-state index in [1.54, 1.807) is 0 Å². The number of nitrogens with zero attached hydrogens (tertiary/aromatic N) is 3. The monoisotopic (exact) mass is 400 g/mol. The van der Waals surface area contributed by atoms with Crippen molar-refractivity contribution >= 4 is 28.5 Å². The Balaban J connectivity index is 1.55. The van der Waals surface area contributed by atoms with Crippen molar-refractivity contribution in [1.82, 2.24) is 20.2 Å². The number of para-hydroxylation sites is 1. The lowest BCUT2D eigenvalue weighted by Gasteiger charge is -2.11. The number of fused-ring (bicyclic) bond motifs is 1. The van der Waals surface area contributed by atoms with Crippen LogP contribution in [0.25, 0.3) is 10.9 Å². The summed E-state index contributed by atoms with van der Waals surface area (Å²) in [5.74, 6) is 2.12. The normalized spacial score (nSPS) is 11.0. The smallest absolute Gasteiger partial charge is 0.225 e. The SMILES string of the molecule is CCCCCc1cc(Nc2nc(NCc3ccccc3C)nc3ccccc23)n[nH]1. The van der Waals surface area contributed by atoms with Crippen LogP contribution in [0.3, 0.4) is 0 Å². The van der Waals surface area contributed by atoms with Gasteiger partial charge in [-0.05, 0) is 43.0 Å². The molecule has 0 atom stereocenters. The summed E-state index contributed by atoms with van der Waals surface area (Å²) in [7, 11) is 0. The number of nitrogens with one attached hydrogen (secondary N) is 3. The number of H-pyrrole nitrogens is 1. The molecule has 4 rings (SSSR count). The van der Waals surface area contributed by atoms with Crippen LogP contribution in [-0.2, 0) is 13.0 Å². The zero-order chi connectivity index (χ0) is 20.8. The van der Waals surface area contributed by atoms with E-state index in [9.17, 15) is 0 Å². The van der Waals surface area contributed by atoms with Crippen LogP contribution in [0.15, 0.2) is 54.6 Å². The van der Waals surface area contributed by atoms with Gasteiger partial charge in [-0.2, -0.15) is 10.1 Å². The Kier molecular flexibility index (Phi) is 6.23. The third-order valence-corrected chi connectivity index (χ3v) is 5.23. The molecule has 2 aromatic heterocycles. The Morgan fingerprint density at radius 3 is 2.67 bits per heavy atom. The molecular weight excluding hydrogens is 372 g/mol. The summed E-state index contributed by atoms with van der Waals surface area (Å²) in [6.45, 7) is 5.00. The van der Waals surface area contributed by atoms with E-state index in [4.69, 9.17) is 4.98 Å². The zero-order valence-corrected chi connectivity index (χ0v) is 17.6. The molecule has 0 radical (unpaired) electrons. The number of unbranched alkanes of at least 4 members (excludes halogenated alkanes) is 2. The number of aryl methyl sites for hydroxylation is 2. The van der Waals surface area contributed by atoms with Gasteiger partial charge in [-0.25, -0.2) is 4.98 Å². The number of hydrogen-bond donors (Lipinski definition) is 3. The molecule has 0 bridgehead atoms. The maximum atomic E-state index is 4.74. The first-order valence-electron chi connectivity index (χ1n) is 10.6. The van der Waals surface area contributed by atoms with Crippen LogP contribution in [0.2, 0.25) is 0 Å². The predicted octanol–water partition coefficient (Wildman–Crippen LogP) is 5.75. The molecule has 154 valence electrons. The highest BCUT2D eigenvalue weighted by Gasteiger charge is 2.10. The summed E-state index contributed by atoms with van der Waals surface area (Å²) in [5, 5.41) is 15.3. The van der Waals surface area contributed by atoms with Crippen LogP contribution >= 0.6 is 0 Å². The van der Waals surface area contributed by atoms with Gasteiger partial charge in [0.05, 0.1) is 5.52 Å². The summed E-state index contributed by atoms with van der Waals surface area (Å²) < 4.78 is 0. The van der Waals surface area contributed by atoms with Crippen LogP contribution in [0.1, 0.15) is 43.0 Å². The van der Waals surface area contributed by atoms with E-state index in [2.05, 4.69) is 57.9 Å². The van der Waals surface area contributed by atoms with E-state index in [0.717, 1.165) is 34.7 Å². The van der Waals surface area contributed by atoms with E-state index in [-0.39, 0.29) is 0 Å². The molecule has 0 spiro atoms. The number of aromatic nitrogens is 4. The molecule has 0 aliphatic carbocycles. The van der Waals surface area contributed by atoms with Crippen molar-refractivity contribution in [1.29, 1.82) is 0 Å². The largest absolute Gasteiger partial charge is 0.350 e. The van der Waals surface area contributed by atoms with Crippen molar-refractivity contribution in [3.63, 3.8) is 0 Å². The lowest BCUT2D eigenvalue weighted by atomic mass is 10.1. The number of benzene rings is 2. The van der Waals surface area contributed by atoms with E-state index in [0.29, 0.717) is 12.5 Å². The molecule has 2 aromatic carbocycles. The van der Waals surface area contributed by atoms with Gasteiger partial charge in [-0.3, -0.25) is 5.10 Å². The molecule has 0 aliphatic heterocycles. The van der Waals surface area contributed by atoms with Gasteiger partial charge in [0, 0.05) is 23.7 Å². The van der Waals surface area contributed by atoms with Gasteiger partial charge < -0.3 is 10.6 Å². The quantitative estimate of drug-likeness (QED) is 0.312. The molecule has 3 N–H and O–H groups in total. The van der Waals surface area contributed by atoms with Gasteiger partial charge >= 0.3 is 0 Å². The fourth-order valence-electron chi connectivity index (χ4n) is 3.47. The molecule has 0 amide bonds. The van der Waals surface area contributed by atoms with Gasteiger partial charge in [0.25, 0.3) is 0 Å². The molecule has 6 heteroatoms. The average molecular weight is 401 g/mol. The number of rotatable bonds is 9. The highest BCUT2D eigenvalue weighted by molar-refractivity contribution is 5.91. The molecule has 2 heterocycles. The van der Waals surface area contributed by atoms with E-state index in [1.165, 1.54) is 30.4 Å². The van der Waals surface area contributed by atoms with Gasteiger partial charge in [0.15, 0.2) is 5.82 Å². The Labute approximate surface area is 177 Å². The van der Waals surface area contributed by atoms with Crippen molar-refractivity contribution in [2.75, 3.05) is 10.6 Å². The maximum Gasteiger partial charge on any atom is 0.225 e. The van der Waals surface area contributed by atoms with Gasteiger partial charge in [-0.15, -0.1) is 0 Å². The van der Waals surface area contributed by atoms with Crippen molar-refractivity contribution in [2.45, 2.75) is 46.1 Å². The minimum Gasteiger partial charge on any atom is -0.350 e. The van der Waals surface area contributed by atoms with Crippen LogP contribution in [0, 0.1) is 6.92 Å². The molecule has 0 aliphatic rings. The molecular formula is C24H28N6. The lowest BCUT2D eigenvalue weighted by molar-refractivity contribution is 0.705. The van der Waals surface area contributed by atoms with Gasteiger partial charge in [0.1, 0.15) is 5.82 Å². The Hall–Kier alpha value is -3.41. The van der Waals surface area contributed by atoms with E-state index >= 15 is 0 Å². The van der Waals surface area contributed by atoms with E-state index < -0.39 is 0 Å². The third kappa shape index (κ3) is 4.76. The molecule has 6 nitrogen and oxygen atoms in total. The summed E-state index contributed by atoms with van der Waals surface area (Å²) in [4.78, 5) is 9.43. The minimum atomic E-state index is 0.596. The first-order valence-corrected chi connectivity index (χ1v) is 10.6. The summed E-state index contributed by atoms with van der Waals surface area (Å²) in [6, 6.07) is 18.4. The first kappa shape index (κ1) is 19.9. The van der Waals surface area contributed by atoms with Crippen LogP contribution in [0.5, 0.6) is 0 Å². The molecule has 0 saturated carbocycles. The molecule has 0 fully saturated rings. The minimum absolute atomic E-state index is 0.596.